The zero-order valence-corrected chi connectivity index (χ0v) is 20.7. The Balaban J connectivity index is 1.61. The number of benzene rings is 1. The van der Waals surface area contributed by atoms with Gasteiger partial charge in [-0.3, -0.25) is 9.36 Å². The Bertz CT molecular complexity index is 1200. The maximum absolute atomic E-state index is 13.3. The van der Waals surface area contributed by atoms with E-state index in [9.17, 15) is 14.0 Å². The summed E-state index contributed by atoms with van der Waals surface area (Å²) in [4.78, 5) is 28.9. The van der Waals surface area contributed by atoms with Gasteiger partial charge in [0.25, 0.3) is 0 Å². The largest absolute Gasteiger partial charge is 0.486 e. The van der Waals surface area contributed by atoms with Crippen molar-refractivity contribution in [3.63, 3.8) is 0 Å². The highest BCUT2D eigenvalue weighted by atomic mass is 35.5. The van der Waals surface area contributed by atoms with E-state index in [0.29, 0.717) is 39.0 Å². The molecule has 180 valence electrons. The maximum atomic E-state index is 13.3. The van der Waals surface area contributed by atoms with Crippen molar-refractivity contribution in [1.29, 1.82) is 0 Å². The van der Waals surface area contributed by atoms with Crippen LogP contribution in [0.15, 0.2) is 36.0 Å². The molecule has 3 aromatic rings. The van der Waals surface area contributed by atoms with Crippen LogP contribution < -0.4 is 10.1 Å². The Hall–Kier alpha value is -2.96. The Labute approximate surface area is 208 Å². The Morgan fingerprint density at radius 3 is 2.88 bits per heavy atom. The standard InChI is InChI=1S/C21H21ClFN5O4S2/c1-4-8-28-16(10-32-13-6-7-15(23)14(22)9-13)26-27-21(28)33-11-17(29)25-20-24-12(3)18(34-20)19(30)31-5-2/h4,6-7,9H,1,5,8,10-11H2,2-3H3,(H,24,25,29). The number of allylic oxidation sites excluding steroid dienone is 1. The molecule has 13 heteroatoms. The van der Waals surface area contributed by atoms with E-state index in [0.717, 1.165) is 11.3 Å². The van der Waals surface area contributed by atoms with Gasteiger partial charge in [0.1, 0.15) is 23.1 Å². The monoisotopic (exact) mass is 525 g/mol. The Morgan fingerprint density at radius 2 is 2.18 bits per heavy atom. The van der Waals surface area contributed by atoms with E-state index in [4.69, 9.17) is 21.1 Å². The molecule has 0 aliphatic carbocycles. The fourth-order valence-electron chi connectivity index (χ4n) is 2.68. The molecule has 2 aromatic heterocycles. The number of esters is 1. The highest BCUT2D eigenvalue weighted by molar-refractivity contribution is 7.99. The van der Waals surface area contributed by atoms with Crippen molar-refractivity contribution in [3.8, 4) is 5.75 Å². The van der Waals surface area contributed by atoms with Crippen LogP contribution in [0, 0.1) is 12.7 Å². The van der Waals surface area contributed by atoms with Crippen molar-refractivity contribution < 1.29 is 23.5 Å². The number of amides is 1. The number of nitrogens with one attached hydrogen (secondary N) is 1. The molecule has 1 aromatic carbocycles. The molecule has 3 rings (SSSR count). The normalized spacial score (nSPS) is 10.7. The first kappa shape index (κ1) is 25.7. The van der Waals surface area contributed by atoms with Gasteiger partial charge < -0.3 is 14.8 Å². The summed E-state index contributed by atoms with van der Waals surface area (Å²) in [5.74, 6) is -0.404. The Kier molecular flexibility index (Phi) is 9.02. The van der Waals surface area contributed by atoms with E-state index >= 15 is 0 Å². The average molecular weight is 526 g/mol. The summed E-state index contributed by atoms with van der Waals surface area (Å²) in [6.45, 7) is 7.84. The number of anilines is 1. The third-order valence-electron chi connectivity index (χ3n) is 4.20. The molecule has 0 radical (unpaired) electrons. The summed E-state index contributed by atoms with van der Waals surface area (Å²) in [6, 6.07) is 4.05. The third kappa shape index (κ3) is 6.55. The molecule has 9 nitrogen and oxygen atoms in total. The number of hydrogen-bond donors (Lipinski definition) is 1. The van der Waals surface area contributed by atoms with Crippen molar-refractivity contribution >= 4 is 51.7 Å². The maximum Gasteiger partial charge on any atom is 0.350 e. The molecule has 0 unspecified atom stereocenters. The van der Waals surface area contributed by atoms with Crippen LogP contribution in [0.1, 0.15) is 28.1 Å². The molecule has 34 heavy (non-hydrogen) atoms. The Morgan fingerprint density at radius 1 is 1.38 bits per heavy atom. The van der Waals surface area contributed by atoms with Crippen LogP contribution >= 0.6 is 34.7 Å². The molecule has 0 bridgehead atoms. The lowest BCUT2D eigenvalue weighted by molar-refractivity contribution is -0.113. The van der Waals surface area contributed by atoms with Crippen molar-refractivity contribution in [3.05, 3.63) is 58.1 Å². The molecular formula is C21H21ClFN5O4S2. The summed E-state index contributed by atoms with van der Waals surface area (Å²) >= 11 is 8.01. The number of carbonyl (C=O) groups is 2. The lowest BCUT2D eigenvalue weighted by Gasteiger charge is -2.09. The van der Waals surface area contributed by atoms with Crippen LogP contribution in [0.5, 0.6) is 5.75 Å². The molecule has 0 saturated heterocycles. The zero-order valence-electron chi connectivity index (χ0n) is 18.3. The quantitative estimate of drug-likeness (QED) is 0.221. The van der Waals surface area contributed by atoms with Gasteiger partial charge in [-0.1, -0.05) is 40.8 Å². The number of aromatic nitrogens is 4. The second-order valence-electron chi connectivity index (χ2n) is 6.65. The number of nitrogens with zero attached hydrogens (tertiary/aromatic N) is 4. The SMILES string of the molecule is C=CCn1c(COc2ccc(F)c(Cl)c2)nnc1SCC(=O)Nc1nc(C)c(C(=O)OCC)s1. The van der Waals surface area contributed by atoms with Crippen molar-refractivity contribution in [2.75, 3.05) is 17.7 Å². The summed E-state index contributed by atoms with van der Waals surface area (Å²) in [5, 5.41) is 11.7. The van der Waals surface area contributed by atoms with Gasteiger partial charge in [0.2, 0.25) is 5.91 Å². The van der Waals surface area contributed by atoms with E-state index < -0.39 is 11.8 Å². The summed E-state index contributed by atoms with van der Waals surface area (Å²) in [7, 11) is 0. The number of hydrogen-bond acceptors (Lipinski definition) is 9. The molecule has 0 aliphatic heterocycles. The van der Waals surface area contributed by atoms with Gasteiger partial charge >= 0.3 is 5.97 Å². The van der Waals surface area contributed by atoms with Gasteiger partial charge in [-0.15, -0.1) is 16.8 Å². The minimum absolute atomic E-state index is 0.0388. The first-order valence-corrected chi connectivity index (χ1v) is 12.2. The summed E-state index contributed by atoms with van der Waals surface area (Å²) < 4.78 is 25.7. The van der Waals surface area contributed by atoms with Crippen LogP contribution in [0.4, 0.5) is 9.52 Å². The van der Waals surface area contributed by atoms with Gasteiger partial charge in [-0.2, -0.15) is 0 Å². The van der Waals surface area contributed by atoms with Crippen LogP contribution in [0.3, 0.4) is 0 Å². The topological polar surface area (TPSA) is 108 Å². The lowest BCUT2D eigenvalue weighted by Crippen LogP contribution is -2.15. The van der Waals surface area contributed by atoms with Gasteiger partial charge in [0, 0.05) is 12.6 Å². The lowest BCUT2D eigenvalue weighted by atomic mass is 10.3. The minimum Gasteiger partial charge on any atom is -0.486 e. The predicted molar refractivity (Wildman–Crippen MR) is 128 cm³/mol. The molecule has 2 heterocycles. The summed E-state index contributed by atoms with van der Waals surface area (Å²) in [5.41, 5.74) is 0.490. The number of rotatable bonds is 11. The molecule has 0 fully saturated rings. The van der Waals surface area contributed by atoms with E-state index in [1.807, 2.05) is 0 Å². The predicted octanol–water partition coefficient (Wildman–Crippen LogP) is 4.51. The van der Waals surface area contributed by atoms with E-state index in [1.54, 1.807) is 24.5 Å². The molecule has 0 spiro atoms. The highest BCUT2D eigenvalue weighted by Crippen LogP contribution is 2.25. The van der Waals surface area contributed by atoms with Crippen molar-refractivity contribution in [2.45, 2.75) is 32.2 Å². The first-order chi connectivity index (χ1) is 16.3. The third-order valence-corrected chi connectivity index (χ3v) is 6.51. The van der Waals surface area contributed by atoms with Crippen LogP contribution in [0.25, 0.3) is 0 Å². The molecule has 1 N–H and O–H groups in total. The second kappa shape index (κ2) is 12.0. The fraction of sp³-hybridized carbons (Fsp3) is 0.286. The fourth-order valence-corrected chi connectivity index (χ4v) is 4.49. The van der Waals surface area contributed by atoms with Crippen LogP contribution in [0.2, 0.25) is 5.02 Å². The molecule has 0 aliphatic rings. The number of thiazole rings is 1. The van der Waals surface area contributed by atoms with Gasteiger partial charge in [-0.05, 0) is 26.0 Å². The molecule has 1 amide bonds. The molecule has 0 atom stereocenters. The second-order valence-corrected chi connectivity index (χ2v) is 9.00. The number of halogens is 2. The van der Waals surface area contributed by atoms with Gasteiger partial charge in [-0.25, -0.2) is 14.2 Å². The van der Waals surface area contributed by atoms with E-state index in [2.05, 4.69) is 27.1 Å². The van der Waals surface area contributed by atoms with Crippen LogP contribution in [-0.4, -0.2) is 44.0 Å². The summed E-state index contributed by atoms with van der Waals surface area (Å²) in [6.07, 6.45) is 1.67. The number of ether oxygens (including phenoxy) is 2. The smallest absolute Gasteiger partial charge is 0.350 e. The van der Waals surface area contributed by atoms with E-state index in [1.165, 1.54) is 30.0 Å². The van der Waals surface area contributed by atoms with Gasteiger partial charge in [0.15, 0.2) is 16.1 Å². The number of carbonyl (C=O) groups excluding carboxylic acids is 2. The molecular weight excluding hydrogens is 505 g/mol. The molecule has 0 saturated carbocycles. The minimum atomic E-state index is -0.536. The first-order valence-electron chi connectivity index (χ1n) is 10.00. The van der Waals surface area contributed by atoms with E-state index in [-0.39, 0.29) is 29.9 Å². The highest BCUT2D eigenvalue weighted by Gasteiger charge is 2.19. The van der Waals surface area contributed by atoms with Crippen molar-refractivity contribution in [2.24, 2.45) is 0 Å². The number of aryl methyl sites for hydroxylation is 1. The number of thioether (sulfide) groups is 1. The van der Waals surface area contributed by atoms with Crippen molar-refractivity contribution in [1.82, 2.24) is 19.7 Å². The van der Waals surface area contributed by atoms with Gasteiger partial charge in [0.05, 0.1) is 23.1 Å². The van der Waals surface area contributed by atoms with Crippen LogP contribution in [-0.2, 0) is 22.7 Å². The average Bonchev–Trinajstić information content (AvgIpc) is 3.36. The zero-order chi connectivity index (χ0) is 24.7.